The van der Waals surface area contributed by atoms with Gasteiger partial charge in [0, 0.05) is 38.8 Å². The first-order chi connectivity index (χ1) is 10.1. The van der Waals surface area contributed by atoms with Gasteiger partial charge < -0.3 is 10.4 Å². The molecular formula is C16H35N3O2. The minimum Gasteiger partial charge on any atom is -0.392 e. The first-order valence-corrected chi connectivity index (χ1v) is 8.49. The molecule has 2 N–H and O–H groups in total. The van der Waals surface area contributed by atoms with Crippen LogP contribution in [-0.4, -0.2) is 72.2 Å². The fraction of sp³-hybridized carbons (Fsp3) is 0.938. The van der Waals surface area contributed by atoms with Crippen LogP contribution in [0.15, 0.2) is 0 Å². The van der Waals surface area contributed by atoms with E-state index in [0.29, 0.717) is 6.54 Å². The summed E-state index contributed by atoms with van der Waals surface area (Å²) in [7, 11) is 0. The Morgan fingerprint density at radius 1 is 1.19 bits per heavy atom. The third-order valence-electron chi connectivity index (χ3n) is 3.90. The zero-order chi connectivity index (χ0) is 16.3. The Kier molecular flexibility index (Phi) is 11.6. The number of rotatable bonds is 7. The Hall–Kier alpha value is -0.650. The van der Waals surface area contributed by atoms with E-state index in [2.05, 4.69) is 29.0 Å². The standard InChI is InChI=1S/C14H29N3O2.C2H6/c1-4-6-15-14(19)11-16-7-9-17(10-8-16)12(3)13(18)5-2;1-2/h12-13,18H,4-11H2,1-3H3,(H,15,19);1-2H3. The third kappa shape index (κ3) is 7.79. The van der Waals surface area contributed by atoms with Crippen LogP contribution < -0.4 is 5.32 Å². The lowest BCUT2D eigenvalue weighted by molar-refractivity contribution is -0.122. The lowest BCUT2D eigenvalue weighted by Gasteiger charge is -2.39. The van der Waals surface area contributed by atoms with E-state index in [4.69, 9.17) is 0 Å². The molecule has 0 aliphatic carbocycles. The fourth-order valence-electron chi connectivity index (χ4n) is 2.44. The number of hydrogen-bond acceptors (Lipinski definition) is 4. The van der Waals surface area contributed by atoms with Crippen molar-refractivity contribution in [2.24, 2.45) is 0 Å². The Bertz CT molecular complexity index is 266. The molecule has 0 saturated carbocycles. The molecule has 1 fully saturated rings. The number of aliphatic hydroxyl groups excluding tert-OH is 1. The maximum atomic E-state index is 11.6. The van der Waals surface area contributed by atoms with Gasteiger partial charge in [-0.15, -0.1) is 0 Å². The van der Waals surface area contributed by atoms with Crippen molar-refractivity contribution < 1.29 is 9.90 Å². The monoisotopic (exact) mass is 301 g/mol. The predicted octanol–water partition coefficient (Wildman–Crippen LogP) is 1.32. The highest BCUT2D eigenvalue weighted by molar-refractivity contribution is 5.77. The van der Waals surface area contributed by atoms with Crippen LogP contribution in [0.1, 0.15) is 47.5 Å². The molecule has 0 aromatic heterocycles. The number of aliphatic hydroxyl groups is 1. The summed E-state index contributed by atoms with van der Waals surface area (Å²) in [5, 5.41) is 12.8. The van der Waals surface area contributed by atoms with E-state index in [0.717, 1.165) is 45.6 Å². The summed E-state index contributed by atoms with van der Waals surface area (Å²) in [6.45, 7) is 15.1. The van der Waals surface area contributed by atoms with Crippen molar-refractivity contribution >= 4 is 5.91 Å². The Balaban J connectivity index is 0.00000191. The van der Waals surface area contributed by atoms with Gasteiger partial charge in [0.15, 0.2) is 0 Å². The van der Waals surface area contributed by atoms with Crippen molar-refractivity contribution in [3.05, 3.63) is 0 Å². The van der Waals surface area contributed by atoms with Gasteiger partial charge in [-0.3, -0.25) is 14.6 Å². The first-order valence-electron chi connectivity index (χ1n) is 8.49. The van der Waals surface area contributed by atoms with Crippen molar-refractivity contribution in [2.75, 3.05) is 39.3 Å². The summed E-state index contributed by atoms with van der Waals surface area (Å²) >= 11 is 0. The van der Waals surface area contributed by atoms with Crippen molar-refractivity contribution in [3.63, 3.8) is 0 Å². The molecule has 5 nitrogen and oxygen atoms in total. The number of amides is 1. The Morgan fingerprint density at radius 2 is 1.76 bits per heavy atom. The average Bonchev–Trinajstić information content (AvgIpc) is 2.54. The molecule has 5 heteroatoms. The van der Waals surface area contributed by atoms with Crippen molar-refractivity contribution in [2.45, 2.75) is 59.6 Å². The van der Waals surface area contributed by atoms with Gasteiger partial charge in [0.1, 0.15) is 0 Å². The molecule has 0 bridgehead atoms. The topological polar surface area (TPSA) is 55.8 Å². The molecule has 0 radical (unpaired) electrons. The molecule has 0 aromatic carbocycles. The largest absolute Gasteiger partial charge is 0.392 e. The molecule has 1 aliphatic rings. The third-order valence-corrected chi connectivity index (χ3v) is 3.90. The molecule has 21 heavy (non-hydrogen) atoms. The molecule has 0 aromatic rings. The van der Waals surface area contributed by atoms with E-state index in [1.807, 2.05) is 20.8 Å². The lowest BCUT2D eigenvalue weighted by Crippen LogP contribution is -2.54. The second-order valence-corrected chi connectivity index (χ2v) is 5.38. The quantitative estimate of drug-likeness (QED) is 0.744. The van der Waals surface area contributed by atoms with E-state index >= 15 is 0 Å². The number of hydrogen-bond donors (Lipinski definition) is 2. The maximum Gasteiger partial charge on any atom is 0.234 e. The van der Waals surface area contributed by atoms with Gasteiger partial charge >= 0.3 is 0 Å². The average molecular weight is 301 g/mol. The lowest BCUT2D eigenvalue weighted by atomic mass is 10.1. The van der Waals surface area contributed by atoms with Gasteiger partial charge in [-0.1, -0.05) is 27.7 Å². The van der Waals surface area contributed by atoms with Gasteiger partial charge in [-0.2, -0.15) is 0 Å². The predicted molar refractivity (Wildman–Crippen MR) is 88.4 cm³/mol. The van der Waals surface area contributed by atoms with E-state index in [9.17, 15) is 9.90 Å². The minimum atomic E-state index is -0.251. The van der Waals surface area contributed by atoms with Crippen molar-refractivity contribution in [1.29, 1.82) is 0 Å². The van der Waals surface area contributed by atoms with Gasteiger partial charge in [-0.05, 0) is 19.8 Å². The van der Waals surface area contributed by atoms with E-state index in [1.54, 1.807) is 0 Å². The van der Waals surface area contributed by atoms with E-state index in [-0.39, 0.29) is 18.1 Å². The zero-order valence-electron chi connectivity index (χ0n) is 14.6. The first kappa shape index (κ1) is 20.3. The fourth-order valence-corrected chi connectivity index (χ4v) is 2.44. The highest BCUT2D eigenvalue weighted by atomic mass is 16.3. The minimum absolute atomic E-state index is 0.122. The second kappa shape index (κ2) is 12.0. The summed E-state index contributed by atoms with van der Waals surface area (Å²) in [6, 6.07) is 0.209. The van der Waals surface area contributed by atoms with Crippen LogP contribution in [0.5, 0.6) is 0 Å². The van der Waals surface area contributed by atoms with Crippen molar-refractivity contribution in [3.8, 4) is 0 Å². The summed E-state index contributed by atoms with van der Waals surface area (Å²) in [4.78, 5) is 16.1. The summed E-state index contributed by atoms with van der Waals surface area (Å²) in [5.74, 6) is 0.122. The second-order valence-electron chi connectivity index (χ2n) is 5.38. The number of carbonyl (C=O) groups is 1. The van der Waals surface area contributed by atoms with Crippen molar-refractivity contribution in [1.82, 2.24) is 15.1 Å². The number of carbonyl (C=O) groups excluding carboxylic acids is 1. The SMILES string of the molecule is CC.CCCNC(=O)CN1CCN(C(C)C(O)CC)CC1. The molecule has 1 amide bonds. The van der Waals surface area contributed by atoms with Gasteiger partial charge in [-0.25, -0.2) is 0 Å². The molecule has 1 aliphatic heterocycles. The molecule has 1 heterocycles. The normalized spacial score (nSPS) is 19.3. The molecule has 126 valence electrons. The van der Waals surface area contributed by atoms with Crippen LogP contribution in [0.25, 0.3) is 0 Å². The zero-order valence-corrected chi connectivity index (χ0v) is 14.6. The smallest absolute Gasteiger partial charge is 0.234 e. The Labute approximate surface area is 130 Å². The number of nitrogens with one attached hydrogen (secondary N) is 1. The number of piperazine rings is 1. The van der Waals surface area contributed by atoms with E-state index < -0.39 is 0 Å². The van der Waals surface area contributed by atoms with Gasteiger partial charge in [0.25, 0.3) is 0 Å². The van der Waals surface area contributed by atoms with Crippen LogP contribution in [-0.2, 0) is 4.79 Å². The number of nitrogens with zero attached hydrogens (tertiary/aromatic N) is 2. The van der Waals surface area contributed by atoms with Crippen LogP contribution >= 0.6 is 0 Å². The van der Waals surface area contributed by atoms with Gasteiger partial charge in [0.05, 0.1) is 12.6 Å². The van der Waals surface area contributed by atoms with E-state index in [1.165, 1.54) is 0 Å². The van der Waals surface area contributed by atoms with Crippen LogP contribution in [0.2, 0.25) is 0 Å². The molecule has 1 saturated heterocycles. The van der Waals surface area contributed by atoms with Crippen LogP contribution in [0.4, 0.5) is 0 Å². The van der Waals surface area contributed by atoms with Gasteiger partial charge in [0.2, 0.25) is 5.91 Å². The van der Waals surface area contributed by atoms with Crippen LogP contribution in [0, 0.1) is 0 Å². The molecular weight excluding hydrogens is 266 g/mol. The Morgan fingerprint density at radius 3 is 2.24 bits per heavy atom. The highest BCUT2D eigenvalue weighted by Gasteiger charge is 2.25. The molecule has 1 rings (SSSR count). The maximum absolute atomic E-state index is 11.6. The molecule has 2 atom stereocenters. The summed E-state index contributed by atoms with van der Waals surface area (Å²) in [5.41, 5.74) is 0. The van der Waals surface area contributed by atoms with Crippen LogP contribution in [0.3, 0.4) is 0 Å². The summed E-state index contributed by atoms with van der Waals surface area (Å²) in [6.07, 6.45) is 1.52. The molecule has 0 spiro atoms. The summed E-state index contributed by atoms with van der Waals surface area (Å²) < 4.78 is 0. The highest BCUT2D eigenvalue weighted by Crippen LogP contribution is 2.11. The molecule has 2 unspecified atom stereocenters.